The topological polar surface area (TPSA) is 38.0 Å². The summed E-state index contributed by atoms with van der Waals surface area (Å²) in [4.78, 5) is 0. The lowest BCUT2D eigenvalue weighted by Crippen LogP contribution is -2.33. The van der Waals surface area contributed by atoms with E-state index in [0.29, 0.717) is 0 Å². The summed E-state index contributed by atoms with van der Waals surface area (Å²) in [5, 5.41) is 3.53. The molecule has 0 atom stereocenters. The molecule has 1 fully saturated rings. The van der Waals surface area contributed by atoms with Gasteiger partial charge in [-0.25, -0.2) is 0 Å². The predicted octanol–water partition coefficient (Wildman–Crippen LogP) is 0.820. The Morgan fingerprint density at radius 1 is 1.36 bits per heavy atom. The second-order valence-corrected chi connectivity index (χ2v) is 4.21. The molecular formula is C8H18N2S. The molecule has 0 radical (unpaired) electrons. The molecule has 0 unspecified atom stereocenters. The molecular weight excluding hydrogens is 156 g/mol. The number of nitrogens with two attached hydrogens (primary N) is 1. The van der Waals surface area contributed by atoms with Crippen molar-refractivity contribution in [2.75, 3.05) is 24.6 Å². The smallest absolute Gasteiger partial charge is 0.00827 e. The molecule has 0 aliphatic carbocycles. The van der Waals surface area contributed by atoms with E-state index in [0.717, 1.165) is 25.6 Å². The van der Waals surface area contributed by atoms with Gasteiger partial charge in [0.15, 0.2) is 0 Å². The molecule has 1 aliphatic heterocycles. The lowest BCUT2D eigenvalue weighted by Gasteiger charge is -2.22. The number of thioether (sulfide) groups is 1. The molecule has 0 amide bonds. The molecule has 0 aromatic carbocycles. The minimum Gasteiger partial charge on any atom is -0.330 e. The third-order valence-electron chi connectivity index (χ3n) is 2.04. The normalized spacial score (nSPS) is 20.5. The minimum atomic E-state index is 0.780. The molecule has 11 heavy (non-hydrogen) atoms. The number of hydrogen-bond acceptors (Lipinski definition) is 3. The fraction of sp³-hybridized carbons (Fsp3) is 1.00. The van der Waals surface area contributed by atoms with Gasteiger partial charge in [0.2, 0.25) is 0 Å². The van der Waals surface area contributed by atoms with Crippen LogP contribution in [0.25, 0.3) is 0 Å². The summed E-state index contributed by atoms with van der Waals surface area (Å²) in [5.74, 6) is 2.67. The third kappa shape index (κ3) is 3.99. The molecule has 3 N–H and O–H groups in total. The number of nitrogens with one attached hydrogen (secondary N) is 1. The Morgan fingerprint density at radius 3 is 2.73 bits per heavy atom. The molecule has 1 rings (SSSR count). The van der Waals surface area contributed by atoms with Crippen molar-refractivity contribution in [3.63, 3.8) is 0 Å². The van der Waals surface area contributed by atoms with Gasteiger partial charge in [-0.3, -0.25) is 0 Å². The largest absolute Gasteiger partial charge is 0.330 e. The van der Waals surface area contributed by atoms with Gasteiger partial charge in [-0.15, -0.1) is 0 Å². The minimum absolute atomic E-state index is 0.780. The van der Waals surface area contributed by atoms with Crippen molar-refractivity contribution >= 4 is 11.8 Å². The van der Waals surface area contributed by atoms with Gasteiger partial charge in [0, 0.05) is 6.04 Å². The van der Waals surface area contributed by atoms with Gasteiger partial charge in [-0.1, -0.05) is 0 Å². The first-order valence-corrected chi connectivity index (χ1v) is 5.60. The molecule has 1 heterocycles. The Balaban J connectivity index is 1.96. The molecule has 0 saturated carbocycles. The average Bonchev–Trinajstić information content (AvgIpc) is 2.07. The van der Waals surface area contributed by atoms with E-state index in [4.69, 9.17) is 5.73 Å². The SMILES string of the molecule is NCCCNC1CCSCC1. The van der Waals surface area contributed by atoms with E-state index < -0.39 is 0 Å². The summed E-state index contributed by atoms with van der Waals surface area (Å²) in [6.45, 7) is 1.92. The summed E-state index contributed by atoms with van der Waals surface area (Å²) in [6.07, 6.45) is 3.80. The second kappa shape index (κ2) is 5.86. The van der Waals surface area contributed by atoms with Gasteiger partial charge in [-0.05, 0) is 43.9 Å². The van der Waals surface area contributed by atoms with Gasteiger partial charge >= 0.3 is 0 Å². The van der Waals surface area contributed by atoms with Crippen LogP contribution in [0.15, 0.2) is 0 Å². The zero-order valence-corrected chi connectivity index (χ0v) is 7.83. The lowest BCUT2D eigenvalue weighted by atomic mass is 10.1. The monoisotopic (exact) mass is 174 g/mol. The van der Waals surface area contributed by atoms with Crippen molar-refractivity contribution in [3.05, 3.63) is 0 Å². The third-order valence-corrected chi connectivity index (χ3v) is 3.08. The van der Waals surface area contributed by atoms with Crippen molar-refractivity contribution in [3.8, 4) is 0 Å². The summed E-state index contributed by atoms with van der Waals surface area (Å²) < 4.78 is 0. The van der Waals surface area contributed by atoms with Crippen LogP contribution in [0.5, 0.6) is 0 Å². The Labute approximate surface area is 73.3 Å². The Morgan fingerprint density at radius 2 is 2.09 bits per heavy atom. The van der Waals surface area contributed by atoms with Crippen LogP contribution in [0.1, 0.15) is 19.3 Å². The molecule has 1 saturated heterocycles. The summed E-state index contributed by atoms with van der Waals surface area (Å²) >= 11 is 2.07. The van der Waals surface area contributed by atoms with E-state index in [2.05, 4.69) is 17.1 Å². The molecule has 3 heteroatoms. The molecule has 0 spiro atoms. The second-order valence-electron chi connectivity index (χ2n) is 2.98. The first-order valence-electron chi connectivity index (χ1n) is 4.44. The van der Waals surface area contributed by atoms with Crippen LogP contribution >= 0.6 is 11.8 Å². The fourth-order valence-electron chi connectivity index (χ4n) is 1.31. The highest BCUT2D eigenvalue weighted by molar-refractivity contribution is 7.99. The van der Waals surface area contributed by atoms with E-state index in [1.165, 1.54) is 24.3 Å². The van der Waals surface area contributed by atoms with Crippen molar-refractivity contribution in [2.24, 2.45) is 5.73 Å². The predicted molar refractivity (Wildman–Crippen MR) is 52.0 cm³/mol. The number of hydrogen-bond donors (Lipinski definition) is 2. The van der Waals surface area contributed by atoms with Gasteiger partial charge in [0.05, 0.1) is 0 Å². The Kier molecular flexibility index (Phi) is 4.99. The maximum absolute atomic E-state index is 5.40. The Bertz CT molecular complexity index is 92.1. The van der Waals surface area contributed by atoms with Crippen LogP contribution in [0.3, 0.4) is 0 Å². The van der Waals surface area contributed by atoms with Gasteiger partial charge < -0.3 is 11.1 Å². The van der Waals surface area contributed by atoms with Crippen molar-refractivity contribution in [1.29, 1.82) is 0 Å². The van der Waals surface area contributed by atoms with Gasteiger partial charge in [0.25, 0.3) is 0 Å². The maximum Gasteiger partial charge on any atom is 0.00827 e. The average molecular weight is 174 g/mol. The number of rotatable bonds is 4. The lowest BCUT2D eigenvalue weighted by molar-refractivity contribution is 0.479. The molecule has 2 nitrogen and oxygen atoms in total. The maximum atomic E-state index is 5.40. The van der Waals surface area contributed by atoms with E-state index in [1.807, 2.05) is 0 Å². The van der Waals surface area contributed by atoms with E-state index in [9.17, 15) is 0 Å². The highest BCUT2D eigenvalue weighted by atomic mass is 32.2. The van der Waals surface area contributed by atoms with E-state index >= 15 is 0 Å². The quantitative estimate of drug-likeness (QED) is 0.620. The molecule has 66 valence electrons. The standard InChI is InChI=1S/C8H18N2S/c9-4-1-5-10-8-2-6-11-7-3-8/h8,10H,1-7,9H2. The highest BCUT2D eigenvalue weighted by Crippen LogP contribution is 2.16. The first kappa shape index (κ1) is 9.36. The van der Waals surface area contributed by atoms with Crippen LogP contribution in [0, 0.1) is 0 Å². The van der Waals surface area contributed by atoms with Crippen LogP contribution in [0.4, 0.5) is 0 Å². The van der Waals surface area contributed by atoms with Gasteiger partial charge in [0.1, 0.15) is 0 Å². The van der Waals surface area contributed by atoms with Crippen LogP contribution in [0.2, 0.25) is 0 Å². The van der Waals surface area contributed by atoms with Gasteiger partial charge in [-0.2, -0.15) is 11.8 Å². The summed E-state index contributed by atoms with van der Waals surface area (Å²) in [6, 6.07) is 0.780. The van der Waals surface area contributed by atoms with Crippen molar-refractivity contribution in [1.82, 2.24) is 5.32 Å². The van der Waals surface area contributed by atoms with Crippen LogP contribution < -0.4 is 11.1 Å². The molecule has 0 aromatic rings. The zero-order valence-electron chi connectivity index (χ0n) is 7.01. The fourth-order valence-corrected chi connectivity index (χ4v) is 2.42. The van der Waals surface area contributed by atoms with Crippen molar-refractivity contribution < 1.29 is 0 Å². The van der Waals surface area contributed by atoms with E-state index in [-0.39, 0.29) is 0 Å². The highest BCUT2D eigenvalue weighted by Gasteiger charge is 2.11. The first-order chi connectivity index (χ1) is 5.43. The molecule has 1 aliphatic rings. The Hall–Kier alpha value is 0.270. The van der Waals surface area contributed by atoms with Crippen LogP contribution in [-0.2, 0) is 0 Å². The summed E-state index contributed by atoms with van der Waals surface area (Å²) in [5.41, 5.74) is 5.40. The zero-order chi connectivity index (χ0) is 7.94. The summed E-state index contributed by atoms with van der Waals surface area (Å²) in [7, 11) is 0. The van der Waals surface area contributed by atoms with E-state index in [1.54, 1.807) is 0 Å². The molecule has 0 aromatic heterocycles. The van der Waals surface area contributed by atoms with Crippen molar-refractivity contribution in [2.45, 2.75) is 25.3 Å². The molecule has 0 bridgehead atoms. The van der Waals surface area contributed by atoms with Crippen LogP contribution in [-0.4, -0.2) is 30.6 Å².